The van der Waals surface area contributed by atoms with Crippen molar-refractivity contribution in [1.29, 1.82) is 0 Å². The Bertz CT molecular complexity index is 921. The topological polar surface area (TPSA) is 88.6 Å². The number of rotatable bonds is 5. The van der Waals surface area contributed by atoms with Gasteiger partial charge in [0.2, 0.25) is 5.43 Å². The summed E-state index contributed by atoms with van der Waals surface area (Å²) in [7, 11) is 0. The zero-order valence-corrected chi connectivity index (χ0v) is 15.3. The number of aromatic carboxylic acids is 1. The highest BCUT2D eigenvalue weighted by atomic mass is 16.4. The van der Waals surface area contributed by atoms with Crippen molar-refractivity contribution in [3.05, 3.63) is 51.6 Å². The third-order valence-corrected chi connectivity index (χ3v) is 4.52. The van der Waals surface area contributed by atoms with E-state index in [2.05, 4.69) is 24.2 Å². The van der Waals surface area contributed by atoms with Gasteiger partial charge in [-0.3, -0.25) is 4.79 Å². The Hall–Kier alpha value is -2.67. The first-order chi connectivity index (χ1) is 12.4. The molecule has 0 aliphatic carbocycles. The molecular formula is C19H24N4O3. The Morgan fingerprint density at radius 2 is 2.12 bits per heavy atom. The van der Waals surface area contributed by atoms with Gasteiger partial charge in [0.1, 0.15) is 17.2 Å². The lowest BCUT2D eigenvalue weighted by Gasteiger charge is -2.20. The van der Waals surface area contributed by atoms with Gasteiger partial charge < -0.3 is 19.6 Å². The molecule has 2 aromatic heterocycles. The van der Waals surface area contributed by atoms with Gasteiger partial charge in [0.25, 0.3) is 0 Å². The van der Waals surface area contributed by atoms with Crippen LogP contribution in [0.4, 0.5) is 5.82 Å². The van der Waals surface area contributed by atoms with Crippen LogP contribution in [0.25, 0.3) is 0 Å². The van der Waals surface area contributed by atoms with E-state index in [0.29, 0.717) is 36.8 Å². The van der Waals surface area contributed by atoms with E-state index in [9.17, 15) is 14.7 Å². The summed E-state index contributed by atoms with van der Waals surface area (Å²) in [5.41, 5.74) is 1.05. The first-order valence-electron chi connectivity index (χ1n) is 8.88. The minimum atomic E-state index is -1.19. The number of carbonyl (C=O) groups is 1. The Labute approximate surface area is 152 Å². The van der Waals surface area contributed by atoms with Gasteiger partial charge in [-0.05, 0) is 25.0 Å². The second kappa shape index (κ2) is 7.29. The zero-order chi connectivity index (χ0) is 18.8. The molecule has 1 aliphatic heterocycles. The number of nitrogens with one attached hydrogen (secondary N) is 1. The SMILES string of the molecule is CCn1cc(C(=O)O)c(=O)c2c1N=C(n1ccc(CNC(C)C)c1)CC2. The lowest BCUT2D eigenvalue weighted by molar-refractivity contribution is 0.0694. The maximum atomic E-state index is 12.4. The molecule has 2 aromatic rings. The van der Waals surface area contributed by atoms with Crippen LogP contribution < -0.4 is 10.7 Å². The predicted octanol–water partition coefficient (Wildman–Crippen LogP) is 2.39. The van der Waals surface area contributed by atoms with Gasteiger partial charge in [0.05, 0.1) is 0 Å². The van der Waals surface area contributed by atoms with Crippen molar-refractivity contribution in [3.8, 4) is 0 Å². The molecule has 26 heavy (non-hydrogen) atoms. The highest BCUT2D eigenvalue weighted by Crippen LogP contribution is 2.25. The number of hydrogen-bond donors (Lipinski definition) is 2. The maximum Gasteiger partial charge on any atom is 0.341 e. The molecule has 0 saturated carbocycles. The van der Waals surface area contributed by atoms with Gasteiger partial charge in [-0.2, -0.15) is 0 Å². The van der Waals surface area contributed by atoms with Gasteiger partial charge in [-0.1, -0.05) is 13.8 Å². The van der Waals surface area contributed by atoms with Crippen LogP contribution in [-0.4, -0.2) is 32.1 Å². The van der Waals surface area contributed by atoms with Crippen molar-refractivity contribution in [2.24, 2.45) is 4.99 Å². The molecule has 0 amide bonds. The Kier molecular flexibility index (Phi) is 5.08. The van der Waals surface area contributed by atoms with E-state index in [1.807, 2.05) is 30.0 Å². The Morgan fingerprint density at radius 1 is 1.35 bits per heavy atom. The number of aliphatic imine (C=N–C) groups is 1. The van der Waals surface area contributed by atoms with Crippen molar-refractivity contribution >= 4 is 17.6 Å². The van der Waals surface area contributed by atoms with E-state index >= 15 is 0 Å². The summed E-state index contributed by atoms with van der Waals surface area (Å²) in [5, 5.41) is 12.6. The maximum absolute atomic E-state index is 12.4. The average Bonchev–Trinajstić information content (AvgIpc) is 3.09. The number of fused-ring (bicyclic) bond motifs is 1. The first kappa shape index (κ1) is 18.1. The van der Waals surface area contributed by atoms with Crippen LogP contribution in [0, 0.1) is 0 Å². The molecule has 0 fully saturated rings. The molecule has 0 aromatic carbocycles. The van der Waals surface area contributed by atoms with Crippen molar-refractivity contribution in [2.45, 2.75) is 52.7 Å². The van der Waals surface area contributed by atoms with Crippen LogP contribution in [0.1, 0.15) is 48.7 Å². The van der Waals surface area contributed by atoms with Gasteiger partial charge in [-0.15, -0.1) is 0 Å². The highest BCUT2D eigenvalue weighted by Gasteiger charge is 2.23. The quantitative estimate of drug-likeness (QED) is 0.861. The molecule has 3 heterocycles. The summed E-state index contributed by atoms with van der Waals surface area (Å²) in [5.74, 6) is 0.236. The van der Waals surface area contributed by atoms with E-state index in [4.69, 9.17) is 0 Å². The second-order valence-corrected chi connectivity index (χ2v) is 6.76. The third kappa shape index (κ3) is 3.48. The number of hydrogen-bond acceptors (Lipinski definition) is 4. The smallest absolute Gasteiger partial charge is 0.341 e. The summed E-state index contributed by atoms with van der Waals surface area (Å²) in [4.78, 5) is 28.4. The lowest BCUT2D eigenvalue weighted by atomic mass is 10.0. The molecule has 0 radical (unpaired) electrons. The number of carboxylic acids is 1. The van der Waals surface area contributed by atoms with Crippen LogP contribution in [0.5, 0.6) is 0 Å². The summed E-state index contributed by atoms with van der Waals surface area (Å²) in [6.07, 6.45) is 6.50. The Morgan fingerprint density at radius 3 is 2.77 bits per heavy atom. The number of carboxylic acid groups (broad SMARTS) is 1. The Balaban J connectivity index is 1.97. The van der Waals surface area contributed by atoms with E-state index in [1.54, 1.807) is 4.57 Å². The summed E-state index contributed by atoms with van der Waals surface area (Å²) < 4.78 is 3.72. The molecule has 7 heteroatoms. The van der Waals surface area contributed by atoms with Crippen molar-refractivity contribution < 1.29 is 9.90 Å². The molecule has 1 aliphatic rings. The molecule has 0 unspecified atom stereocenters. The molecule has 3 rings (SSSR count). The minimum absolute atomic E-state index is 0.188. The number of pyridine rings is 1. The number of aromatic nitrogens is 2. The molecule has 138 valence electrons. The molecule has 7 nitrogen and oxygen atoms in total. The van der Waals surface area contributed by atoms with Crippen LogP contribution in [0.15, 0.2) is 34.4 Å². The van der Waals surface area contributed by atoms with Crippen molar-refractivity contribution in [3.63, 3.8) is 0 Å². The second-order valence-electron chi connectivity index (χ2n) is 6.76. The number of aryl methyl sites for hydroxylation is 1. The average molecular weight is 356 g/mol. The van der Waals surface area contributed by atoms with E-state index < -0.39 is 11.4 Å². The van der Waals surface area contributed by atoms with E-state index in [-0.39, 0.29) is 5.56 Å². The fourth-order valence-electron chi connectivity index (χ4n) is 3.09. The van der Waals surface area contributed by atoms with Gasteiger partial charge in [-0.25, -0.2) is 9.79 Å². The van der Waals surface area contributed by atoms with Gasteiger partial charge >= 0.3 is 5.97 Å². The van der Waals surface area contributed by atoms with Crippen LogP contribution in [0.3, 0.4) is 0 Å². The van der Waals surface area contributed by atoms with Crippen LogP contribution >= 0.6 is 0 Å². The zero-order valence-electron chi connectivity index (χ0n) is 15.3. The van der Waals surface area contributed by atoms with Crippen molar-refractivity contribution in [2.75, 3.05) is 0 Å². The molecule has 0 atom stereocenters. The molecule has 0 spiro atoms. The fourth-order valence-corrected chi connectivity index (χ4v) is 3.09. The normalized spacial score (nSPS) is 13.6. The first-order valence-corrected chi connectivity index (χ1v) is 8.88. The monoisotopic (exact) mass is 356 g/mol. The molecule has 0 bridgehead atoms. The lowest BCUT2D eigenvalue weighted by Crippen LogP contribution is -2.26. The molecular weight excluding hydrogens is 332 g/mol. The standard InChI is InChI=1S/C19H24N4O3/c1-4-22-11-15(19(25)26)17(24)14-5-6-16(21-18(14)22)23-8-7-13(10-23)9-20-12(2)3/h7-8,10-12,20H,4-6,9H2,1-3H3,(H,25,26). The predicted molar refractivity (Wildman–Crippen MR) is 101 cm³/mol. The van der Waals surface area contributed by atoms with Crippen LogP contribution in [-0.2, 0) is 19.5 Å². The highest BCUT2D eigenvalue weighted by molar-refractivity contribution is 5.91. The number of nitrogens with zero attached hydrogens (tertiary/aromatic N) is 3. The van der Waals surface area contributed by atoms with Gasteiger partial charge in [0, 0.05) is 49.7 Å². The summed E-state index contributed by atoms with van der Waals surface area (Å²) in [6, 6.07) is 2.47. The van der Waals surface area contributed by atoms with E-state index in [1.165, 1.54) is 11.8 Å². The van der Waals surface area contributed by atoms with E-state index in [0.717, 1.165) is 12.4 Å². The summed E-state index contributed by atoms with van der Waals surface area (Å²) in [6.45, 7) is 7.46. The van der Waals surface area contributed by atoms with Crippen molar-refractivity contribution in [1.82, 2.24) is 14.5 Å². The van der Waals surface area contributed by atoms with Crippen LogP contribution in [0.2, 0.25) is 0 Å². The minimum Gasteiger partial charge on any atom is -0.477 e. The summed E-state index contributed by atoms with van der Waals surface area (Å²) >= 11 is 0. The third-order valence-electron chi connectivity index (χ3n) is 4.52. The fraction of sp³-hybridized carbons (Fsp3) is 0.421. The van der Waals surface area contributed by atoms with Gasteiger partial charge in [0.15, 0.2) is 0 Å². The largest absolute Gasteiger partial charge is 0.477 e. The molecule has 2 N–H and O–H groups in total. The molecule has 0 saturated heterocycles.